The van der Waals surface area contributed by atoms with E-state index in [2.05, 4.69) is 0 Å². The SMILES string of the molecule is CCC(C)O[Si](OC(C)CC)(OC(C)CC)[O][Ti]([O]C)([O]C)[O][Si](OC(C)CC)(OC(C)CC)OC(C)CC. The summed E-state index contributed by atoms with van der Waals surface area (Å²) < 4.78 is 64.4. The van der Waals surface area contributed by atoms with E-state index in [4.69, 9.17) is 39.2 Å². The van der Waals surface area contributed by atoms with Crippen LogP contribution in [0, 0.1) is 0 Å². The Hall–Kier alpha value is 0.748. The molecule has 0 rings (SSSR count). The van der Waals surface area contributed by atoms with Crippen molar-refractivity contribution in [2.75, 3.05) is 14.2 Å². The molecule has 0 saturated carbocycles. The monoisotopic (exact) mass is 636 g/mol. The van der Waals surface area contributed by atoms with Crippen LogP contribution in [0.15, 0.2) is 0 Å². The van der Waals surface area contributed by atoms with Crippen LogP contribution < -0.4 is 0 Å². The van der Waals surface area contributed by atoms with Crippen molar-refractivity contribution in [3.8, 4) is 0 Å². The first-order valence-corrected chi connectivity index (χ1v) is 20.7. The van der Waals surface area contributed by atoms with Crippen molar-refractivity contribution < 1.29 is 57.3 Å². The molecule has 0 aliphatic carbocycles. The van der Waals surface area contributed by atoms with Crippen molar-refractivity contribution in [1.29, 1.82) is 0 Å². The van der Waals surface area contributed by atoms with E-state index in [1.165, 1.54) is 14.2 Å². The second-order valence-electron chi connectivity index (χ2n) is 10.1. The van der Waals surface area contributed by atoms with Gasteiger partial charge >= 0.3 is 248 Å². The fourth-order valence-electron chi connectivity index (χ4n) is 2.87. The van der Waals surface area contributed by atoms with Crippen LogP contribution in [0.1, 0.15) is 122 Å². The van der Waals surface area contributed by atoms with Gasteiger partial charge in [-0.25, -0.2) is 0 Å². The van der Waals surface area contributed by atoms with E-state index in [1.54, 1.807) is 0 Å². The van der Waals surface area contributed by atoms with E-state index in [1.807, 2.05) is 83.1 Å². The molecule has 0 aliphatic heterocycles. The quantitative estimate of drug-likeness (QED) is 0.104. The third-order valence-corrected chi connectivity index (χ3v) is 17.9. The Kier molecular flexibility index (Phi) is 20.2. The normalized spacial score (nSPS) is 20.5. The molecule has 13 heteroatoms. The van der Waals surface area contributed by atoms with Crippen LogP contribution in [-0.4, -0.2) is 68.9 Å². The van der Waals surface area contributed by atoms with Gasteiger partial charge in [0.05, 0.1) is 0 Å². The molecule has 0 aromatic rings. The Morgan fingerprint density at radius 3 is 0.718 bits per heavy atom. The summed E-state index contributed by atoms with van der Waals surface area (Å²) in [6, 6.07) is 0. The Labute approximate surface area is 247 Å². The fraction of sp³-hybridized carbons (Fsp3) is 1.00. The molecule has 0 heterocycles. The maximum atomic E-state index is 6.73. The molecule has 0 aliphatic rings. The third-order valence-electron chi connectivity index (χ3n) is 6.52. The number of rotatable bonds is 24. The van der Waals surface area contributed by atoms with Crippen molar-refractivity contribution in [2.45, 2.75) is 158 Å². The zero-order valence-corrected chi connectivity index (χ0v) is 30.9. The summed E-state index contributed by atoms with van der Waals surface area (Å²) in [6.45, 7) is 24.0. The van der Waals surface area contributed by atoms with Gasteiger partial charge in [-0.3, -0.25) is 0 Å². The van der Waals surface area contributed by atoms with E-state index >= 15 is 0 Å². The van der Waals surface area contributed by atoms with Crippen LogP contribution in [0.3, 0.4) is 0 Å². The minimum absolute atomic E-state index is 0.204. The molecule has 236 valence electrons. The summed E-state index contributed by atoms with van der Waals surface area (Å²) in [5, 5.41) is 0. The summed E-state index contributed by atoms with van der Waals surface area (Å²) in [7, 11) is -4.82. The first-order chi connectivity index (χ1) is 18.3. The summed E-state index contributed by atoms with van der Waals surface area (Å²) >= 11 is -4.80. The Morgan fingerprint density at radius 2 is 0.590 bits per heavy atom. The second-order valence-corrected chi connectivity index (χ2v) is 18.7. The molecule has 0 aromatic heterocycles. The molecular weight excluding hydrogens is 576 g/mol. The van der Waals surface area contributed by atoms with Crippen molar-refractivity contribution in [1.82, 2.24) is 0 Å². The fourth-order valence-corrected chi connectivity index (χ4v) is 15.2. The zero-order chi connectivity index (χ0) is 30.3. The van der Waals surface area contributed by atoms with Crippen LogP contribution in [0.25, 0.3) is 0 Å². The van der Waals surface area contributed by atoms with Gasteiger partial charge in [-0.2, -0.15) is 0 Å². The summed E-state index contributed by atoms with van der Waals surface area (Å²) in [5.41, 5.74) is 0. The van der Waals surface area contributed by atoms with Crippen molar-refractivity contribution >= 4 is 18.1 Å². The van der Waals surface area contributed by atoms with Crippen LogP contribution in [0.2, 0.25) is 0 Å². The molecule has 0 saturated heterocycles. The van der Waals surface area contributed by atoms with E-state index in [0.29, 0.717) is 0 Å². The van der Waals surface area contributed by atoms with Crippen LogP contribution in [-0.2, 0) is 57.3 Å². The van der Waals surface area contributed by atoms with Crippen LogP contribution >= 0.6 is 0 Å². The van der Waals surface area contributed by atoms with E-state index in [9.17, 15) is 0 Å². The predicted octanol–water partition coefficient (Wildman–Crippen LogP) is 6.89. The molecule has 39 heavy (non-hydrogen) atoms. The molecule has 10 nitrogen and oxygen atoms in total. The minimum atomic E-state index is -4.80. The molecule has 0 N–H and O–H groups in total. The van der Waals surface area contributed by atoms with Crippen LogP contribution in [0.4, 0.5) is 0 Å². The molecule has 0 radical (unpaired) electrons. The third kappa shape index (κ3) is 14.2. The van der Waals surface area contributed by atoms with Crippen molar-refractivity contribution in [3.63, 3.8) is 0 Å². The number of hydrogen-bond donors (Lipinski definition) is 0. The predicted molar refractivity (Wildman–Crippen MR) is 153 cm³/mol. The van der Waals surface area contributed by atoms with Crippen molar-refractivity contribution in [3.05, 3.63) is 0 Å². The number of hydrogen-bond acceptors (Lipinski definition) is 10. The van der Waals surface area contributed by atoms with Gasteiger partial charge in [0.1, 0.15) is 0 Å². The first-order valence-electron chi connectivity index (χ1n) is 14.8. The average Bonchev–Trinajstić information content (AvgIpc) is 2.91. The van der Waals surface area contributed by atoms with Crippen LogP contribution in [0.5, 0.6) is 0 Å². The Morgan fingerprint density at radius 1 is 0.410 bits per heavy atom. The summed E-state index contributed by atoms with van der Waals surface area (Å²) in [5.74, 6) is 0. The zero-order valence-electron chi connectivity index (χ0n) is 27.3. The van der Waals surface area contributed by atoms with Gasteiger partial charge in [0.25, 0.3) is 0 Å². The molecule has 0 bridgehead atoms. The van der Waals surface area contributed by atoms with E-state index < -0.39 is 36.2 Å². The first kappa shape index (κ1) is 39.7. The Bertz CT molecular complexity index is 521. The van der Waals surface area contributed by atoms with Gasteiger partial charge in [-0.05, 0) is 0 Å². The molecule has 0 spiro atoms. The average molecular weight is 637 g/mol. The van der Waals surface area contributed by atoms with E-state index in [0.717, 1.165) is 38.5 Å². The summed E-state index contributed by atoms with van der Waals surface area (Å²) in [4.78, 5) is 0. The standard InChI is InChI=1S/2C12H27O4Si.2CH3O.Ti/c2*1-7-10(4)14-17(13,15-11(5)8-2)16-12(6)9-3;2*1-2;/h2*10-12H,7-9H2,1-6H3;2*1H3;/q4*-1;+4. The van der Waals surface area contributed by atoms with Gasteiger partial charge in [0.15, 0.2) is 0 Å². The molecule has 6 atom stereocenters. The second kappa shape index (κ2) is 19.8. The van der Waals surface area contributed by atoms with Gasteiger partial charge in [-0.1, -0.05) is 0 Å². The molecular formula is C26H60O10Si2Ti. The Balaban J connectivity index is 6.95. The molecule has 6 unspecified atom stereocenters. The molecule has 0 fully saturated rings. The van der Waals surface area contributed by atoms with Crippen molar-refractivity contribution in [2.24, 2.45) is 0 Å². The van der Waals surface area contributed by atoms with Gasteiger partial charge in [0.2, 0.25) is 0 Å². The van der Waals surface area contributed by atoms with Gasteiger partial charge < -0.3 is 0 Å². The van der Waals surface area contributed by atoms with Gasteiger partial charge in [0, 0.05) is 0 Å². The molecule has 0 aromatic carbocycles. The maximum absolute atomic E-state index is 6.73. The van der Waals surface area contributed by atoms with Gasteiger partial charge in [-0.15, -0.1) is 0 Å². The topological polar surface area (TPSA) is 92.3 Å². The summed E-state index contributed by atoms with van der Waals surface area (Å²) in [6.07, 6.45) is 3.17. The van der Waals surface area contributed by atoms with E-state index in [-0.39, 0.29) is 36.6 Å². The molecule has 0 amide bonds.